The van der Waals surface area contributed by atoms with E-state index in [4.69, 9.17) is 20.2 Å². The molecule has 714 valence electrons. The van der Waals surface area contributed by atoms with Gasteiger partial charge in [0.05, 0.1) is 22.6 Å². The van der Waals surface area contributed by atoms with Gasteiger partial charge in [0.25, 0.3) is 0 Å². The largest absolute Gasteiger partial charge is 0.512 e. The Balaban J connectivity index is 0.000000220. The number of fused-ring (bicyclic) bond motifs is 5. The van der Waals surface area contributed by atoms with Gasteiger partial charge in [-0.3, -0.25) is 19.6 Å². The third-order valence-electron chi connectivity index (χ3n) is 21.7. The third kappa shape index (κ3) is 34.3. The van der Waals surface area contributed by atoms with E-state index >= 15 is 0 Å². The molecule has 15 heteroatoms. The number of thiophene rings is 1. The predicted octanol–water partition coefficient (Wildman–Crippen LogP) is 31.9. The average molecular weight is 2550 g/mol. The molecule has 0 atom stereocenters. The monoisotopic (exact) mass is 2550 g/mol. The Labute approximate surface area is 876 Å². The van der Waals surface area contributed by atoms with E-state index in [0.29, 0.717) is 17.4 Å². The zero-order valence-corrected chi connectivity index (χ0v) is 92.6. The number of rotatable bonds is 14. The summed E-state index contributed by atoms with van der Waals surface area (Å²) >= 11 is 1.82. The fourth-order valence-electron chi connectivity index (χ4n) is 14.9. The summed E-state index contributed by atoms with van der Waals surface area (Å²) in [6.45, 7) is 39.8. The van der Waals surface area contributed by atoms with Gasteiger partial charge in [0.1, 0.15) is 0 Å². The van der Waals surface area contributed by atoms with Crippen LogP contribution in [-0.2, 0) is 108 Å². The normalized spacial score (nSPS) is 10.8. The quantitative estimate of drug-likeness (QED) is 0.0611. The molecule has 0 aliphatic rings. The zero-order chi connectivity index (χ0) is 96.1. The molecular formula is C123H120Ir4N6O4S-6. The van der Waals surface area contributed by atoms with Crippen LogP contribution < -0.4 is 0 Å². The van der Waals surface area contributed by atoms with Gasteiger partial charge in [-0.1, -0.05) is 238 Å². The van der Waals surface area contributed by atoms with Gasteiger partial charge >= 0.3 is 0 Å². The van der Waals surface area contributed by atoms with Crippen molar-refractivity contribution < 1.29 is 100 Å². The summed E-state index contributed by atoms with van der Waals surface area (Å²) in [6, 6.07) is 118. The van der Waals surface area contributed by atoms with Crippen LogP contribution in [0, 0.1) is 104 Å². The Bertz CT molecular complexity index is 7000. The fraction of sp³-hybridized carbons (Fsp3) is 0.203. The first-order valence-electron chi connectivity index (χ1n) is 45.4. The molecular weight excluding hydrogens is 2430 g/mol. The molecule has 4 radical (unpaired) electrons. The second-order valence-corrected chi connectivity index (χ2v) is 36.9. The summed E-state index contributed by atoms with van der Waals surface area (Å²) in [5.74, 6) is 1.18. The number of benzene rings is 11. The van der Waals surface area contributed by atoms with Gasteiger partial charge in [-0.25, -0.2) is 0 Å². The first kappa shape index (κ1) is 113. The number of aliphatic hydroxyl groups excluding tert-OH is 2. The van der Waals surface area contributed by atoms with E-state index in [1.54, 1.807) is 6.92 Å². The molecule has 2 N–H and O–H groups in total. The number of aryl methyl sites for hydroxylation is 8. The number of aromatic nitrogens is 6. The Morgan fingerprint density at radius 3 is 1.28 bits per heavy atom. The summed E-state index contributed by atoms with van der Waals surface area (Å²) in [6.07, 6.45) is 10.8. The molecule has 10 nitrogen and oxygen atoms in total. The smallest absolute Gasteiger partial charge is 0.158 e. The molecule has 0 saturated heterocycles. The first-order chi connectivity index (χ1) is 64.2. The van der Waals surface area contributed by atoms with E-state index in [0.717, 1.165) is 103 Å². The van der Waals surface area contributed by atoms with E-state index < -0.39 is 0 Å². The fourth-order valence-corrected chi connectivity index (χ4v) is 16.0. The standard InChI is InChI=1S/C27H26N.C22H24N.C18H12NS.C18H14N.C15H16N.C12H10N.C6H10O2.C5H8O2.4Ir/c1-18(2)12-23-17-27(24-14-19(3)13-20(4)15-24)28-26-11-10-22(16-25(23)26)21-8-6-5-7-9-21;1-14(2)8-18-13-22(19-10-16(4)9-17(5)11-19)23-21-7-6-15(3)12-20(18)21;1-12-8-9-19-16(10-12)13-6-7-18-15(11-13)14-4-2-3-5-17(14)20-18;1-14-10-11-18(19-13-14)17-9-5-8-16(12-17)15-6-3-2-4-7-15;1-15(2,3)13-9-10-14(16-11-13)12-7-5-4-6-8-12;1-10-7-8-12(13-9-10)11-5-3-2-4-6-11;1-4(5(2)7)6(3)8;1-4(6)3-5(2)7;;;;/h5-11,13-14,16-18H,12H2,1-4H3;6-7,9-10,12-14H,8H2,1-5H3;2-5,7-11H,1H3;2-8,10-13H,1H3;4-7,9-11H,1-3H3;2-5,7-9H,1H3;7H,1-3H3;3,6H,1-2H3;;;;/q6*-1;;;;;;. The van der Waals surface area contributed by atoms with Crippen molar-refractivity contribution in [3.63, 3.8) is 0 Å². The van der Waals surface area contributed by atoms with E-state index in [1.165, 1.54) is 137 Å². The van der Waals surface area contributed by atoms with Crippen molar-refractivity contribution in [1.82, 2.24) is 29.9 Å². The van der Waals surface area contributed by atoms with Crippen LogP contribution in [0.2, 0.25) is 0 Å². The maximum Gasteiger partial charge on any atom is 0.158 e. The number of nitrogens with zero attached hydrogens (tertiary/aromatic N) is 6. The van der Waals surface area contributed by atoms with Crippen molar-refractivity contribution in [3.05, 3.63) is 431 Å². The zero-order valence-electron chi connectivity index (χ0n) is 82.2. The molecule has 0 fully saturated rings. The second kappa shape index (κ2) is 55.0. The number of hydrogen-bond donors (Lipinski definition) is 2. The number of carbonyl (C=O) groups excluding carboxylic acids is 2. The topological polar surface area (TPSA) is 152 Å². The van der Waals surface area contributed by atoms with Gasteiger partial charge in [0, 0.05) is 132 Å². The summed E-state index contributed by atoms with van der Waals surface area (Å²) in [5, 5.41) is 22.2. The maximum absolute atomic E-state index is 10.4. The molecule has 0 aliphatic carbocycles. The van der Waals surface area contributed by atoms with E-state index in [2.05, 4.69) is 353 Å². The molecule has 11 aromatic carbocycles. The number of allylic oxidation sites excluding steroid dienone is 4. The van der Waals surface area contributed by atoms with Crippen molar-refractivity contribution in [1.29, 1.82) is 0 Å². The molecule has 7 heterocycles. The van der Waals surface area contributed by atoms with Gasteiger partial charge in [-0.15, -0.1) is 201 Å². The van der Waals surface area contributed by atoms with Gasteiger partial charge in [-0.05, 0) is 218 Å². The molecule has 0 bridgehead atoms. The van der Waals surface area contributed by atoms with Crippen molar-refractivity contribution in [2.24, 2.45) is 11.8 Å². The van der Waals surface area contributed by atoms with Crippen molar-refractivity contribution in [2.45, 2.75) is 157 Å². The average Bonchev–Trinajstić information content (AvgIpc) is 1.40. The van der Waals surface area contributed by atoms with Gasteiger partial charge < -0.3 is 30.1 Å². The Morgan fingerprint density at radius 1 is 0.370 bits per heavy atom. The molecule has 0 saturated carbocycles. The Kier molecular flexibility index (Phi) is 45.1. The Hall–Kier alpha value is -11.9. The van der Waals surface area contributed by atoms with E-state index in [1.807, 2.05) is 129 Å². The summed E-state index contributed by atoms with van der Waals surface area (Å²) < 4.78 is 2.60. The number of aliphatic hydroxyl groups is 2. The molecule has 0 unspecified atom stereocenters. The van der Waals surface area contributed by atoms with Crippen LogP contribution in [0.15, 0.2) is 333 Å². The summed E-state index contributed by atoms with van der Waals surface area (Å²) in [5.41, 5.74) is 33.6. The summed E-state index contributed by atoms with van der Waals surface area (Å²) in [7, 11) is 0. The van der Waals surface area contributed by atoms with Crippen molar-refractivity contribution in [3.8, 4) is 89.8 Å². The minimum atomic E-state index is -0.125. The van der Waals surface area contributed by atoms with Crippen LogP contribution in [0.3, 0.4) is 0 Å². The van der Waals surface area contributed by atoms with Gasteiger partial charge in [-0.2, -0.15) is 11.3 Å². The minimum Gasteiger partial charge on any atom is -0.512 e. The molecule has 0 spiro atoms. The van der Waals surface area contributed by atoms with Crippen LogP contribution in [0.1, 0.15) is 144 Å². The first-order valence-corrected chi connectivity index (χ1v) is 46.2. The number of carbonyl (C=O) groups is 2. The number of ketones is 2. The molecule has 0 amide bonds. The molecule has 138 heavy (non-hydrogen) atoms. The predicted molar refractivity (Wildman–Crippen MR) is 562 cm³/mol. The van der Waals surface area contributed by atoms with Crippen molar-refractivity contribution in [2.75, 3.05) is 0 Å². The minimum absolute atomic E-state index is 0. The maximum atomic E-state index is 10.4. The molecule has 18 aromatic rings. The summed E-state index contributed by atoms with van der Waals surface area (Å²) in [4.78, 5) is 48.0. The number of Topliss-reactive ketones (excluding diaryl/α,β-unsaturated/α-hetero) is 1. The van der Waals surface area contributed by atoms with E-state index in [9.17, 15) is 9.59 Å². The second-order valence-electron chi connectivity index (χ2n) is 35.8. The van der Waals surface area contributed by atoms with Crippen LogP contribution in [0.4, 0.5) is 0 Å². The Morgan fingerprint density at radius 2 is 0.833 bits per heavy atom. The molecule has 18 rings (SSSR count). The van der Waals surface area contributed by atoms with Crippen LogP contribution >= 0.6 is 11.3 Å². The van der Waals surface area contributed by atoms with Crippen LogP contribution in [0.25, 0.3) is 132 Å². The number of pyridine rings is 6. The number of hydrogen-bond acceptors (Lipinski definition) is 11. The molecule has 0 aliphatic heterocycles. The third-order valence-corrected chi connectivity index (χ3v) is 22.9. The van der Waals surface area contributed by atoms with E-state index in [-0.39, 0.29) is 109 Å². The van der Waals surface area contributed by atoms with Crippen LogP contribution in [0.5, 0.6) is 0 Å². The van der Waals surface area contributed by atoms with Crippen molar-refractivity contribution >= 4 is 64.9 Å². The molecule has 7 aromatic heterocycles. The SMILES string of the molecule is CC(=O)C(C)=C(C)O.CC(=O)C=C(C)O.CC(C)(C)c1ccc(-c2[c-]cccc2)nc1.Cc1[c-]c(-c2cc(CC(C)C)c3cc(-c4ccccc4)ccc3n2)cc(C)c1.Cc1[c-]c(-c2cc(CC(C)C)c3cc(C)ccc3n2)cc(C)c1.Cc1ccc(-c2[c-]ccc(-c3ccccc3)c2)nc1.Cc1ccc(-c2[c-]cccc2)nc1.Cc1ccnc(-c2[c-]cc3sc4ccccc4c3c2)c1.[Ir].[Ir].[Ir].[Ir]. The van der Waals surface area contributed by atoms with Crippen LogP contribution in [-0.4, -0.2) is 51.7 Å². The van der Waals surface area contributed by atoms with Gasteiger partial charge in [0.15, 0.2) is 11.6 Å². The van der Waals surface area contributed by atoms with Gasteiger partial charge in [0.2, 0.25) is 0 Å².